The van der Waals surface area contributed by atoms with E-state index in [1.54, 1.807) is 36.4 Å². The number of sulfonamides is 2. The van der Waals surface area contributed by atoms with Crippen LogP contribution >= 0.6 is 0 Å². The topological polar surface area (TPSA) is 170 Å². The molecule has 2 N–H and O–H groups in total. The van der Waals surface area contributed by atoms with Crippen LogP contribution in [0.2, 0.25) is 0 Å². The number of nitrogens with one attached hydrogen (secondary N) is 2. The van der Waals surface area contributed by atoms with Crippen LogP contribution in [0.4, 0.5) is 11.4 Å². The third-order valence-electron chi connectivity index (χ3n) is 17.9. The fraction of sp³-hybridized carbons (Fsp3) is 0.425. The van der Waals surface area contributed by atoms with Gasteiger partial charge >= 0.3 is 0 Å². The Morgan fingerprint density at radius 2 is 0.635 bits per heavy atom. The molecular weight excluding hydrogens is 1240 g/mol. The van der Waals surface area contributed by atoms with Gasteiger partial charge in [0, 0.05) is 86.8 Å². The molecule has 0 fully saturated rings. The second-order valence-corrected chi connectivity index (χ2v) is 33.6. The van der Waals surface area contributed by atoms with Gasteiger partial charge in [0.05, 0.1) is 23.0 Å². The summed E-state index contributed by atoms with van der Waals surface area (Å²) in [6, 6.07) is 38.5. The number of carbonyl (C=O) groups is 2. The summed E-state index contributed by atoms with van der Waals surface area (Å²) in [7, 11) is -1.24. The highest BCUT2D eigenvalue weighted by molar-refractivity contribution is 7.90. The number of hydrogen-bond acceptors (Lipinski definition) is 12. The zero-order valence-corrected chi connectivity index (χ0v) is 61.5. The number of carbonyl (C=O) groups excluding carboxylic acids is 2. The normalized spacial score (nSPS) is 13.1. The maximum atomic E-state index is 14.5. The van der Waals surface area contributed by atoms with Gasteiger partial charge in [-0.1, -0.05) is 207 Å². The van der Waals surface area contributed by atoms with Gasteiger partial charge in [-0.25, -0.2) is 26.3 Å². The lowest BCUT2D eigenvalue weighted by atomic mass is 9.79. The number of anilines is 2. The Morgan fingerprint density at radius 1 is 0.385 bits per heavy atom. The van der Waals surface area contributed by atoms with E-state index >= 15 is 0 Å². The molecule has 0 aromatic heterocycles. The van der Waals surface area contributed by atoms with Crippen LogP contribution in [0.15, 0.2) is 131 Å². The van der Waals surface area contributed by atoms with E-state index in [9.17, 15) is 26.4 Å². The van der Waals surface area contributed by atoms with E-state index < -0.39 is 45.1 Å². The van der Waals surface area contributed by atoms with Crippen molar-refractivity contribution in [1.82, 2.24) is 9.44 Å². The smallest absolute Gasteiger partial charge is 0.271 e. The van der Waals surface area contributed by atoms with Crippen molar-refractivity contribution in [3.63, 3.8) is 0 Å². The molecule has 0 saturated carbocycles. The summed E-state index contributed by atoms with van der Waals surface area (Å²) in [6.45, 7) is 30.0. The van der Waals surface area contributed by atoms with Crippen molar-refractivity contribution in [1.29, 1.82) is 0 Å². The van der Waals surface area contributed by atoms with Gasteiger partial charge in [0.25, 0.3) is 31.9 Å². The van der Waals surface area contributed by atoms with Crippen molar-refractivity contribution in [3.05, 3.63) is 188 Å². The maximum absolute atomic E-state index is 14.5. The van der Waals surface area contributed by atoms with Crippen molar-refractivity contribution >= 4 is 64.8 Å². The predicted molar refractivity (Wildman–Crippen MR) is 391 cm³/mol. The molecule has 512 valence electrons. The van der Waals surface area contributed by atoms with E-state index in [0.717, 1.165) is 115 Å². The first-order valence-electron chi connectivity index (χ1n) is 33.6. The Labute approximate surface area is 571 Å². The molecule has 1 aliphatic rings. The maximum Gasteiger partial charge on any atom is 0.271 e. The summed E-state index contributed by atoms with van der Waals surface area (Å²) in [5, 5.41) is 2.41. The van der Waals surface area contributed by atoms with Crippen molar-refractivity contribution < 1.29 is 45.4 Å². The molecule has 8 aromatic carbocycles. The third kappa shape index (κ3) is 16.5. The van der Waals surface area contributed by atoms with Crippen molar-refractivity contribution in [2.45, 2.75) is 180 Å². The quantitative estimate of drug-likeness (QED) is 0.0694. The highest BCUT2D eigenvalue weighted by atomic mass is 32.2. The van der Waals surface area contributed by atoms with Crippen LogP contribution in [-0.4, -0.2) is 83.3 Å². The summed E-state index contributed by atoms with van der Waals surface area (Å²) < 4.78 is 90.8. The van der Waals surface area contributed by atoms with E-state index in [4.69, 9.17) is 18.9 Å². The molecule has 96 heavy (non-hydrogen) atoms. The second-order valence-electron chi connectivity index (χ2n) is 30.3. The average molecular weight is 1340 g/mol. The number of amides is 2. The number of hydrogen-bond donors (Lipinski definition) is 2. The van der Waals surface area contributed by atoms with Gasteiger partial charge in [-0.05, 0) is 126 Å². The fourth-order valence-corrected chi connectivity index (χ4v) is 14.9. The van der Waals surface area contributed by atoms with Crippen LogP contribution in [-0.2, 0) is 77.0 Å². The van der Waals surface area contributed by atoms with Gasteiger partial charge in [-0.3, -0.25) is 9.59 Å². The number of unbranched alkanes of at least 4 members (excludes halogenated alkanes) is 2. The molecular formula is C80H100N4O10S2. The van der Waals surface area contributed by atoms with E-state index in [1.165, 1.54) is 12.1 Å². The number of rotatable bonds is 20. The van der Waals surface area contributed by atoms with Crippen LogP contribution in [0.25, 0.3) is 21.5 Å². The van der Waals surface area contributed by atoms with Crippen LogP contribution < -0.4 is 38.2 Å². The largest absolute Gasteiger partial charge is 0.493 e. The molecule has 9 rings (SSSR count). The van der Waals surface area contributed by atoms with E-state index in [2.05, 4.69) is 155 Å². The number of fused-ring (bicyclic) bond motifs is 10. The molecule has 0 atom stereocenters. The van der Waals surface area contributed by atoms with Crippen LogP contribution in [0.1, 0.15) is 189 Å². The molecule has 0 unspecified atom stereocenters. The van der Waals surface area contributed by atoms with E-state index in [1.807, 2.05) is 62.3 Å². The Balaban J connectivity index is 1.27. The average Bonchev–Trinajstić information content (AvgIpc) is 0.768. The summed E-state index contributed by atoms with van der Waals surface area (Å²) in [6.07, 6.45) is 4.41. The lowest BCUT2D eigenvalue weighted by Gasteiger charge is -2.29. The molecule has 16 heteroatoms. The molecule has 2 amide bonds. The van der Waals surface area contributed by atoms with Crippen LogP contribution in [0, 0.1) is 0 Å². The van der Waals surface area contributed by atoms with Crippen LogP contribution in [0.5, 0.6) is 23.0 Å². The minimum absolute atomic E-state index is 0.0245. The SMILES string of the molecule is CCCCOc1c2cc(C(C)(C)C)cc1Cc1cc(C(C)(C)C)cc(c1OCC(=O)NS(=O)(=O)c1cccc3c(N(C)C)cccc13)Cc1cc(C(C)(C)C)cc(c1OCCCC)Cc1cc(C(C)(C)C)cc(c1OCC(=O)NS(=O)(=O)c1cccc3c(N(C)C)cccc13)C2. The summed E-state index contributed by atoms with van der Waals surface area (Å²) >= 11 is 0. The highest BCUT2D eigenvalue weighted by Crippen LogP contribution is 2.45. The molecule has 14 nitrogen and oxygen atoms in total. The van der Waals surface area contributed by atoms with Gasteiger partial charge in [0.1, 0.15) is 23.0 Å². The van der Waals surface area contributed by atoms with Crippen LogP contribution in [0.3, 0.4) is 0 Å². The first kappa shape index (κ1) is 72.2. The Hall–Kier alpha value is -8.08. The first-order chi connectivity index (χ1) is 45.0. The number of ether oxygens (including phenoxy) is 4. The number of benzene rings is 8. The number of nitrogens with zero attached hydrogens (tertiary/aromatic N) is 2. The van der Waals surface area contributed by atoms with E-state index in [-0.39, 0.29) is 57.1 Å². The zero-order valence-electron chi connectivity index (χ0n) is 59.8. The fourth-order valence-electron chi connectivity index (χ4n) is 12.5. The standard InChI is InChI=1S/C80H100N4O10S2/c1-19-21-35-91-73-51-37-55-45-61(79(9,10)11)47-57(75(55)93-49-71(85)81-95(87,88)69-33-25-27-63-65(69)29-23-31-67(63)83(15)16)39-53-43-60(78(6,7)8)44-54(74(53)92-36-22-20-2)40-58-48-62(80(12,13)14)46-56(38-52(73)42-59(41-51)77(3,4)5)76(58)94-50-72(86)82-96(89,90)70-34-26-28-64-66(70)30-24-32-68(64)84(17)18/h23-34,41-48H,19-22,35-40,49-50H2,1-18H3,(H,81,85)(H,82,86). The van der Waals surface area contributed by atoms with Gasteiger partial charge in [-0.2, -0.15) is 0 Å². The minimum Gasteiger partial charge on any atom is -0.493 e. The van der Waals surface area contributed by atoms with E-state index in [0.29, 0.717) is 47.0 Å². The lowest BCUT2D eigenvalue weighted by molar-refractivity contribution is -0.122. The van der Waals surface area contributed by atoms with Crippen molar-refractivity contribution in [3.8, 4) is 23.0 Å². The Bertz CT molecular complexity index is 4090. The van der Waals surface area contributed by atoms with Crippen molar-refractivity contribution in [2.75, 3.05) is 64.4 Å². The third-order valence-corrected chi connectivity index (χ3v) is 20.8. The lowest BCUT2D eigenvalue weighted by Crippen LogP contribution is -2.34. The molecule has 0 spiro atoms. The van der Waals surface area contributed by atoms with Gasteiger partial charge in [0.15, 0.2) is 13.2 Å². The highest BCUT2D eigenvalue weighted by Gasteiger charge is 2.32. The van der Waals surface area contributed by atoms with Gasteiger partial charge in [0.2, 0.25) is 0 Å². The first-order valence-corrected chi connectivity index (χ1v) is 36.6. The summed E-state index contributed by atoms with van der Waals surface area (Å²) in [4.78, 5) is 32.9. The monoisotopic (exact) mass is 1340 g/mol. The second kappa shape index (κ2) is 28.5. The summed E-state index contributed by atoms with van der Waals surface area (Å²) in [5.41, 5.74) is 10.8. The Morgan fingerprint density at radius 3 is 0.885 bits per heavy atom. The molecule has 8 aromatic rings. The Kier molecular flexibility index (Phi) is 21.5. The van der Waals surface area contributed by atoms with Gasteiger partial charge in [-0.15, -0.1) is 0 Å². The van der Waals surface area contributed by atoms with Crippen molar-refractivity contribution in [2.24, 2.45) is 0 Å². The minimum atomic E-state index is -4.42. The van der Waals surface area contributed by atoms with Gasteiger partial charge < -0.3 is 28.7 Å². The molecule has 0 aliphatic heterocycles. The molecule has 0 heterocycles. The molecule has 8 bridgehead atoms. The molecule has 0 radical (unpaired) electrons. The molecule has 1 aliphatic carbocycles. The zero-order chi connectivity index (χ0) is 70.0. The summed E-state index contributed by atoms with van der Waals surface area (Å²) in [5.74, 6) is 0.556. The molecule has 0 saturated heterocycles. The predicted octanol–water partition coefficient (Wildman–Crippen LogP) is 16.1.